The van der Waals surface area contributed by atoms with Crippen molar-refractivity contribution in [1.82, 2.24) is 10.6 Å². The Kier molecular flexibility index (Phi) is 8.27. The Labute approximate surface area is 91.4 Å². The highest BCUT2D eigenvalue weighted by atomic mass is 16.3. The van der Waals surface area contributed by atoms with Crippen LogP contribution < -0.4 is 16.4 Å². The molecule has 0 aromatic heterocycles. The van der Waals surface area contributed by atoms with Gasteiger partial charge in [0.1, 0.15) is 0 Å². The second-order valence-electron chi connectivity index (χ2n) is 3.67. The van der Waals surface area contributed by atoms with Gasteiger partial charge in [0.25, 0.3) is 0 Å². The van der Waals surface area contributed by atoms with Gasteiger partial charge in [-0.25, -0.2) is 0 Å². The molecule has 5 heteroatoms. The van der Waals surface area contributed by atoms with Gasteiger partial charge in [-0.3, -0.25) is 4.79 Å². The number of rotatable bonds is 8. The van der Waals surface area contributed by atoms with Gasteiger partial charge in [0.15, 0.2) is 0 Å². The SMILES string of the molecule is CCNC(=O)CC(CN)NC(C)CCO. The van der Waals surface area contributed by atoms with Crippen LogP contribution in [-0.4, -0.2) is 42.8 Å². The quantitative estimate of drug-likeness (QED) is 0.429. The average molecular weight is 217 g/mol. The highest BCUT2D eigenvalue weighted by Gasteiger charge is 2.13. The standard InChI is InChI=1S/C10H23N3O2/c1-3-12-10(15)6-9(7-11)13-8(2)4-5-14/h8-9,13-14H,3-7,11H2,1-2H3,(H,12,15). The summed E-state index contributed by atoms with van der Waals surface area (Å²) in [6.07, 6.45) is 1.06. The van der Waals surface area contributed by atoms with Crippen molar-refractivity contribution >= 4 is 5.91 Å². The second kappa shape index (κ2) is 8.64. The van der Waals surface area contributed by atoms with Crippen LogP contribution in [0.15, 0.2) is 0 Å². The lowest BCUT2D eigenvalue weighted by Gasteiger charge is -2.21. The number of hydrogen-bond donors (Lipinski definition) is 4. The molecule has 2 unspecified atom stereocenters. The molecule has 5 N–H and O–H groups in total. The Bertz CT molecular complexity index is 176. The van der Waals surface area contributed by atoms with E-state index in [9.17, 15) is 4.79 Å². The Morgan fingerprint density at radius 3 is 2.67 bits per heavy atom. The minimum absolute atomic E-state index is 0.0108. The molecular formula is C10H23N3O2. The first-order valence-electron chi connectivity index (χ1n) is 5.47. The van der Waals surface area contributed by atoms with E-state index in [4.69, 9.17) is 10.8 Å². The fourth-order valence-electron chi connectivity index (χ4n) is 1.38. The van der Waals surface area contributed by atoms with Gasteiger partial charge in [-0.2, -0.15) is 0 Å². The number of aliphatic hydroxyl groups excluding tert-OH is 1. The van der Waals surface area contributed by atoms with Crippen molar-refractivity contribution in [2.24, 2.45) is 5.73 Å². The molecule has 0 aromatic carbocycles. The van der Waals surface area contributed by atoms with E-state index in [1.807, 2.05) is 13.8 Å². The monoisotopic (exact) mass is 217 g/mol. The van der Waals surface area contributed by atoms with Crippen molar-refractivity contribution in [3.63, 3.8) is 0 Å². The summed E-state index contributed by atoms with van der Waals surface area (Å²) in [7, 11) is 0. The van der Waals surface area contributed by atoms with E-state index < -0.39 is 0 Å². The molecule has 0 aliphatic carbocycles. The largest absolute Gasteiger partial charge is 0.396 e. The molecule has 0 bridgehead atoms. The van der Waals surface area contributed by atoms with Crippen LogP contribution in [0.4, 0.5) is 0 Å². The van der Waals surface area contributed by atoms with Crippen LogP contribution in [0.3, 0.4) is 0 Å². The summed E-state index contributed by atoms with van der Waals surface area (Å²) in [5.41, 5.74) is 5.56. The Morgan fingerprint density at radius 1 is 1.53 bits per heavy atom. The lowest BCUT2D eigenvalue weighted by molar-refractivity contribution is -0.121. The fourth-order valence-corrected chi connectivity index (χ4v) is 1.38. The number of carbonyl (C=O) groups is 1. The number of aliphatic hydroxyl groups is 1. The molecule has 0 saturated heterocycles. The van der Waals surface area contributed by atoms with Crippen molar-refractivity contribution in [2.75, 3.05) is 19.7 Å². The van der Waals surface area contributed by atoms with E-state index in [1.54, 1.807) is 0 Å². The van der Waals surface area contributed by atoms with Crippen LogP contribution >= 0.6 is 0 Å². The van der Waals surface area contributed by atoms with Gasteiger partial charge in [0.05, 0.1) is 0 Å². The van der Waals surface area contributed by atoms with Crippen molar-refractivity contribution in [3.05, 3.63) is 0 Å². The molecule has 0 radical (unpaired) electrons. The molecule has 1 amide bonds. The van der Waals surface area contributed by atoms with Gasteiger partial charge >= 0.3 is 0 Å². The first-order chi connectivity index (χ1) is 7.13. The molecule has 0 fully saturated rings. The van der Waals surface area contributed by atoms with E-state index in [1.165, 1.54) is 0 Å². The molecule has 90 valence electrons. The second-order valence-corrected chi connectivity index (χ2v) is 3.67. The molecule has 0 spiro atoms. The number of hydrogen-bond acceptors (Lipinski definition) is 4. The third kappa shape index (κ3) is 7.30. The molecule has 0 aliphatic rings. The summed E-state index contributed by atoms with van der Waals surface area (Å²) in [5, 5.41) is 14.7. The Morgan fingerprint density at radius 2 is 2.20 bits per heavy atom. The van der Waals surface area contributed by atoms with Crippen molar-refractivity contribution in [2.45, 2.75) is 38.8 Å². The average Bonchev–Trinajstić information content (AvgIpc) is 2.17. The van der Waals surface area contributed by atoms with E-state index in [0.717, 1.165) is 0 Å². The van der Waals surface area contributed by atoms with Crippen LogP contribution in [0.1, 0.15) is 26.7 Å². The van der Waals surface area contributed by atoms with Gasteiger partial charge in [0, 0.05) is 38.2 Å². The van der Waals surface area contributed by atoms with Crippen molar-refractivity contribution in [3.8, 4) is 0 Å². The summed E-state index contributed by atoms with van der Waals surface area (Å²) in [4.78, 5) is 11.3. The summed E-state index contributed by atoms with van der Waals surface area (Å²) >= 11 is 0. The van der Waals surface area contributed by atoms with Crippen molar-refractivity contribution < 1.29 is 9.90 Å². The van der Waals surface area contributed by atoms with Gasteiger partial charge in [-0.05, 0) is 20.3 Å². The Hall–Kier alpha value is -0.650. The summed E-state index contributed by atoms with van der Waals surface area (Å²) in [6.45, 7) is 5.07. The maximum atomic E-state index is 11.3. The van der Waals surface area contributed by atoms with Gasteiger partial charge in [-0.1, -0.05) is 0 Å². The third-order valence-corrected chi connectivity index (χ3v) is 2.17. The van der Waals surface area contributed by atoms with Crippen LogP contribution in [-0.2, 0) is 4.79 Å². The zero-order valence-electron chi connectivity index (χ0n) is 9.62. The predicted octanol–water partition coefficient (Wildman–Crippen LogP) is -0.800. The van der Waals surface area contributed by atoms with Gasteiger partial charge in [0.2, 0.25) is 5.91 Å². The minimum atomic E-state index is -0.0156. The van der Waals surface area contributed by atoms with Crippen LogP contribution in [0, 0.1) is 0 Å². The maximum absolute atomic E-state index is 11.3. The first kappa shape index (κ1) is 14.3. The van der Waals surface area contributed by atoms with E-state index in [2.05, 4.69) is 10.6 Å². The minimum Gasteiger partial charge on any atom is -0.396 e. The van der Waals surface area contributed by atoms with Crippen LogP contribution in [0.25, 0.3) is 0 Å². The zero-order chi connectivity index (χ0) is 11.7. The summed E-state index contributed by atoms with van der Waals surface area (Å²) in [5.74, 6) is 0.0108. The molecular weight excluding hydrogens is 194 g/mol. The smallest absolute Gasteiger partial charge is 0.221 e. The molecule has 0 aromatic rings. The predicted molar refractivity (Wildman–Crippen MR) is 60.4 cm³/mol. The maximum Gasteiger partial charge on any atom is 0.221 e. The highest BCUT2D eigenvalue weighted by molar-refractivity contribution is 5.76. The Balaban J connectivity index is 3.86. The van der Waals surface area contributed by atoms with Gasteiger partial charge < -0.3 is 21.5 Å². The van der Waals surface area contributed by atoms with Crippen LogP contribution in [0.2, 0.25) is 0 Å². The van der Waals surface area contributed by atoms with Crippen LogP contribution in [0.5, 0.6) is 0 Å². The molecule has 0 aliphatic heterocycles. The molecule has 2 atom stereocenters. The van der Waals surface area contributed by atoms with Gasteiger partial charge in [-0.15, -0.1) is 0 Å². The number of nitrogens with one attached hydrogen (secondary N) is 2. The van der Waals surface area contributed by atoms with E-state index in [0.29, 0.717) is 25.9 Å². The molecule has 0 heterocycles. The normalized spacial score (nSPS) is 14.7. The van der Waals surface area contributed by atoms with E-state index in [-0.39, 0.29) is 24.6 Å². The molecule has 0 rings (SSSR count). The lowest BCUT2D eigenvalue weighted by atomic mass is 10.1. The molecule has 15 heavy (non-hydrogen) atoms. The number of nitrogens with two attached hydrogens (primary N) is 1. The number of carbonyl (C=O) groups excluding carboxylic acids is 1. The summed E-state index contributed by atoms with van der Waals surface area (Å²) < 4.78 is 0. The van der Waals surface area contributed by atoms with E-state index >= 15 is 0 Å². The number of amides is 1. The lowest BCUT2D eigenvalue weighted by Crippen LogP contribution is -2.44. The zero-order valence-corrected chi connectivity index (χ0v) is 9.62. The fraction of sp³-hybridized carbons (Fsp3) is 0.900. The topological polar surface area (TPSA) is 87.4 Å². The summed E-state index contributed by atoms with van der Waals surface area (Å²) in [6, 6.07) is 0.163. The third-order valence-electron chi connectivity index (χ3n) is 2.17. The first-order valence-corrected chi connectivity index (χ1v) is 5.47. The highest BCUT2D eigenvalue weighted by Crippen LogP contribution is 1.96. The molecule has 5 nitrogen and oxygen atoms in total. The van der Waals surface area contributed by atoms with Crippen molar-refractivity contribution in [1.29, 1.82) is 0 Å². The molecule has 0 saturated carbocycles.